The minimum atomic E-state index is 0.474. The normalized spacial score (nSPS) is 9.92. The molecule has 0 atom stereocenters. The molecule has 1 rings (SSSR count). The van der Waals surface area contributed by atoms with Gasteiger partial charge in [0.2, 0.25) is 0 Å². The molecular formula is C8H9ClN2S. The maximum atomic E-state index is 5.88. The Morgan fingerprint density at radius 3 is 2.75 bits per heavy atom. The van der Waals surface area contributed by atoms with Crippen LogP contribution < -0.4 is 0 Å². The standard InChI is InChI=1S/C8H9ClN2S/c1-5(2)6-4-10-8(12-3)11-7(6)9/h4H,1H2,2-3H3. The molecule has 64 valence electrons. The topological polar surface area (TPSA) is 25.8 Å². The van der Waals surface area contributed by atoms with Crippen molar-refractivity contribution < 1.29 is 0 Å². The van der Waals surface area contributed by atoms with Gasteiger partial charge in [0.05, 0.1) is 0 Å². The average Bonchev–Trinajstić information content (AvgIpc) is 2.03. The number of allylic oxidation sites excluding steroid dienone is 1. The molecule has 0 bridgehead atoms. The van der Waals surface area contributed by atoms with Crippen LogP contribution in [0.4, 0.5) is 0 Å². The minimum absolute atomic E-state index is 0.474. The largest absolute Gasteiger partial charge is 0.230 e. The van der Waals surface area contributed by atoms with E-state index in [1.807, 2.05) is 13.2 Å². The molecule has 4 heteroatoms. The molecule has 0 aromatic carbocycles. The lowest BCUT2D eigenvalue weighted by Gasteiger charge is -2.02. The molecule has 1 aromatic rings. The number of aromatic nitrogens is 2. The second-order valence-electron chi connectivity index (χ2n) is 2.34. The van der Waals surface area contributed by atoms with Crippen LogP contribution in [0.2, 0.25) is 5.15 Å². The molecule has 2 nitrogen and oxygen atoms in total. The van der Waals surface area contributed by atoms with Gasteiger partial charge in [0.15, 0.2) is 5.16 Å². The van der Waals surface area contributed by atoms with E-state index in [9.17, 15) is 0 Å². The second kappa shape index (κ2) is 3.92. The van der Waals surface area contributed by atoms with Gasteiger partial charge in [-0.25, -0.2) is 9.97 Å². The zero-order chi connectivity index (χ0) is 9.14. The number of hydrogen-bond donors (Lipinski definition) is 0. The summed E-state index contributed by atoms with van der Waals surface area (Å²) in [5, 5.41) is 1.16. The van der Waals surface area contributed by atoms with Crippen LogP contribution in [0.5, 0.6) is 0 Å². The molecule has 0 saturated heterocycles. The van der Waals surface area contributed by atoms with Crippen molar-refractivity contribution in [2.24, 2.45) is 0 Å². The first-order valence-electron chi connectivity index (χ1n) is 3.37. The molecule has 0 amide bonds. The van der Waals surface area contributed by atoms with Gasteiger partial charge in [0.1, 0.15) is 5.15 Å². The van der Waals surface area contributed by atoms with Crippen LogP contribution in [0.25, 0.3) is 5.57 Å². The van der Waals surface area contributed by atoms with E-state index in [0.717, 1.165) is 11.1 Å². The second-order valence-corrected chi connectivity index (χ2v) is 3.47. The predicted molar refractivity (Wildman–Crippen MR) is 53.5 cm³/mol. The van der Waals surface area contributed by atoms with Crippen molar-refractivity contribution in [3.63, 3.8) is 0 Å². The predicted octanol–water partition coefficient (Wildman–Crippen LogP) is 2.89. The molecule has 0 unspecified atom stereocenters. The van der Waals surface area contributed by atoms with Crippen LogP contribution in [0.15, 0.2) is 17.9 Å². The van der Waals surface area contributed by atoms with Crippen LogP contribution in [-0.4, -0.2) is 16.2 Å². The first-order valence-corrected chi connectivity index (χ1v) is 4.98. The Balaban J connectivity index is 3.12. The van der Waals surface area contributed by atoms with Gasteiger partial charge in [-0.05, 0) is 18.8 Å². The fourth-order valence-electron chi connectivity index (χ4n) is 0.731. The van der Waals surface area contributed by atoms with Crippen molar-refractivity contribution in [3.8, 4) is 0 Å². The SMILES string of the molecule is C=C(C)c1cnc(SC)nc1Cl. The fourth-order valence-corrected chi connectivity index (χ4v) is 1.41. The third-order valence-electron chi connectivity index (χ3n) is 1.36. The van der Waals surface area contributed by atoms with Gasteiger partial charge in [-0.15, -0.1) is 0 Å². The number of halogens is 1. The molecule has 0 saturated carbocycles. The summed E-state index contributed by atoms with van der Waals surface area (Å²) < 4.78 is 0. The molecule has 0 fully saturated rings. The van der Waals surface area contributed by atoms with E-state index in [-0.39, 0.29) is 0 Å². The maximum Gasteiger partial charge on any atom is 0.188 e. The molecule has 0 aliphatic carbocycles. The fraction of sp³-hybridized carbons (Fsp3) is 0.250. The quantitative estimate of drug-likeness (QED) is 0.417. The summed E-state index contributed by atoms with van der Waals surface area (Å²) in [4.78, 5) is 8.16. The first kappa shape index (κ1) is 9.55. The van der Waals surface area contributed by atoms with E-state index in [4.69, 9.17) is 11.6 Å². The van der Waals surface area contributed by atoms with Gasteiger partial charge in [-0.3, -0.25) is 0 Å². The Kier molecular flexibility index (Phi) is 3.12. The summed E-state index contributed by atoms with van der Waals surface area (Å²) in [6.45, 7) is 5.65. The summed E-state index contributed by atoms with van der Waals surface area (Å²) in [6, 6.07) is 0. The van der Waals surface area contributed by atoms with Gasteiger partial charge in [0.25, 0.3) is 0 Å². The smallest absolute Gasteiger partial charge is 0.188 e. The minimum Gasteiger partial charge on any atom is -0.230 e. The third kappa shape index (κ3) is 1.99. The van der Waals surface area contributed by atoms with Gasteiger partial charge in [0, 0.05) is 11.8 Å². The van der Waals surface area contributed by atoms with Crippen molar-refractivity contribution in [1.82, 2.24) is 9.97 Å². The van der Waals surface area contributed by atoms with E-state index in [0.29, 0.717) is 10.3 Å². The maximum absolute atomic E-state index is 5.88. The highest BCUT2D eigenvalue weighted by Crippen LogP contribution is 2.21. The van der Waals surface area contributed by atoms with Gasteiger partial charge in [-0.1, -0.05) is 29.9 Å². The number of nitrogens with zero attached hydrogens (tertiary/aromatic N) is 2. The average molecular weight is 201 g/mol. The zero-order valence-electron chi connectivity index (χ0n) is 6.97. The highest BCUT2D eigenvalue weighted by Gasteiger charge is 2.03. The Bertz CT molecular complexity index is 312. The van der Waals surface area contributed by atoms with Crippen molar-refractivity contribution in [1.29, 1.82) is 0 Å². The van der Waals surface area contributed by atoms with E-state index in [1.165, 1.54) is 11.8 Å². The molecular weight excluding hydrogens is 192 g/mol. The van der Waals surface area contributed by atoms with E-state index < -0.39 is 0 Å². The molecule has 0 radical (unpaired) electrons. The molecule has 0 aliphatic heterocycles. The summed E-state index contributed by atoms with van der Waals surface area (Å²) in [5.74, 6) is 0. The zero-order valence-corrected chi connectivity index (χ0v) is 8.54. The molecule has 12 heavy (non-hydrogen) atoms. The Morgan fingerprint density at radius 1 is 1.67 bits per heavy atom. The highest BCUT2D eigenvalue weighted by molar-refractivity contribution is 7.98. The first-order chi connectivity index (χ1) is 5.65. The molecule has 0 spiro atoms. The number of hydrogen-bond acceptors (Lipinski definition) is 3. The molecule has 1 heterocycles. The summed E-state index contributed by atoms with van der Waals surface area (Å²) in [7, 11) is 0. The summed E-state index contributed by atoms with van der Waals surface area (Å²) >= 11 is 7.34. The molecule has 0 aliphatic rings. The van der Waals surface area contributed by atoms with Crippen molar-refractivity contribution >= 4 is 28.9 Å². The van der Waals surface area contributed by atoms with Crippen LogP contribution >= 0.6 is 23.4 Å². The summed E-state index contributed by atoms with van der Waals surface area (Å²) in [5.41, 5.74) is 1.70. The van der Waals surface area contributed by atoms with E-state index in [2.05, 4.69) is 16.5 Å². The van der Waals surface area contributed by atoms with E-state index >= 15 is 0 Å². The lowest BCUT2D eigenvalue weighted by atomic mass is 10.2. The highest BCUT2D eigenvalue weighted by atomic mass is 35.5. The summed E-state index contributed by atoms with van der Waals surface area (Å²) in [6.07, 6.45) is 3.61. The van der Waals surface area contributed by atoms with Crippen molar-refractivity contribution in [2.75, 3.05) is 6.26 Å². The van der Waals surface area contributed by atoms with Crippen LogP contribution in [0.1, 0.15) is 12.5 Å². The van der Waals surface area contributed by atoms with Crippen LogP contribution in [-0.2, 0) is 0 Å². The Morgan fingerprint density at radius 2 is 2.33 bits per heavy atom. The van der Waals surface area contributed by atoms with Crippen LogP contribution in [0.3, 0.4) is 0 Å². The monoisotopic (exact) mass is 200 g/mol. The number of rotatable bonds is 2. The number of thioether (sulfide) groups is 1. The van der Waals surface area contributed by atoms with Crippen molar-refractivity contribution in [2.45, 2.75) is 12.1 Å². The Hall–Kier alpha value is -0.540. The van der Waals surface area contributed by atoms with Gasteiger partial charge < -0.3 is 0 Å². The van der Waals surface area contributed by atoms with Gasteiger partial charge >= 0.3 is 0 Å². The Labute approximate surface area is 81.1 Å². The molecule has 0 N–H and O–H groups in total. The van der Waals surface area contributed by atoms with E-state index in [1.54, 1.807) is 6.20 Å². The lowest BCUT2D eigenvalue weighted by Crippen LogP contribution is -1.90. The van der Waals surface area contributed by atoms with Gasteiger partial charge in [-0.2, -0.15) is 0 Å². The van der Waals surface area contributed by atoms with Crippen LogP contribution in [0, 0.1) is 0 Å². The third-order valence-corrected chi connectivity index (χ3v) is 2.21. The lowest BCUT2D eigenvalue weighted by molar-refractivity contribution is 0.964. The van der Waals surface area contributed by atoms with Crippen molar-refractivity contribution in [3.05, 3.63) is 23.5 Å². The molecule has 1 aromatic heterocycles.